The highest BCUT2D eigenvalue weighted by Gasteiger charge is 2.42. The predicted octanol–water partition coefficient (Wildman–Crippen LogP) is 2.54. The van der Waals surface area contributed by atoms with E-state index in [-0.39, 0.29) is 12.1 Å². The first-order chi connectivity index (χ1) is 9.60. The SMILES string of the molecule is C[C@@]12CCCC[C@@H]1c1ccccc1C(=NCC(=O)O)N2. The summed E-state index contributed by atoms with van der Waals surface area (Å²) in [6.45, 7) is 2.06. The third-order valence-electron chi connectivity index (χ3n) is 4.58. The van der Waals surface area contributed by atoms with Gasteiger partial charge in [0.2, 0.25) is 0 Å². The number of nitrogens with zero attached hydrogens (tertiary/aromatic N) is 1. The molecule has 0 radical (unpaired) electrons. The van der Waals surface area contributed by atoms with Crippen molar-refractivity contribution in [1.82, 2.24) is 5.32 Å². The highest BCUT2D eigenvalue weighted by molar-refractivity contribution is 6.02. The summed E-state index contributed by atoms with van der Waals surface area (Å²) in [5, 5.41) is 12.4. The lowest BCUT2D eigenvalue weighted by atomic mass is 9.67. The van der Waals surface area contributed by atoms with Crippen molar-refractivity contribution >= 4 is 11.8 Å². The van der Waals surface area contributed by atoms with E-state index in [0.29, 0.717) is 5.92 Å². The molecule has 1 fully saturated rings. The second-order valence-electron chi connectivity index (χ2n) is 5.99. The van der Waals surface area contributed by atoms with E-state index < -0.39 is 5.97 Å². The van der Waals surface area contributed by atoms with E-state index in [1.165, 1.54) is 24.8 Å². The van der Waals surface area contributed by atoms with Gasteiger partial charge in [-0.3, -0.25) is 9.79 Å². The highest BCUT2D eigenvalue weighted by Crippen LogP contribution is 2.44. The van der Waals surface area contributed by atoms with E-state index in [9.17, 15) is 4.79 Å². The number of aliphatic imine (C=N–C) groups is 1. The van der Waals surface area contributed by atoms with Crippen LogP contribution in [0.4, 0.5) is 0 Å². The Balaban J connectivity index is 2.05. The van der Waals surface area contributed by atoms with Crippen LogP contribution in [0.5, 0.6) is 0 Å². The topological polar surface area (TPSA) is 61.7 Å². The molecule has 0 amide bonds. The second kappa shape index (κ2) is 4.93. The van der Waals surface area contributed by atoms with Crippen LogP contribution in [-0.4, -0.2) is 29.0 Å². The van der Waals surface area contributed by atoms with Crippen LogP contribution in [0, 0.1) is 0 Å². The number of rotatable bonds is 2. The maximum Gasteiger partial charge on any atom is 0.325 e. The van der Waals surface area contributed by atoms with Crippen molar-refractivity contribution < 1.29 is 9.90 Å². The minimum atomic E-state index is -0.896. The van der Waals surface area contributed by atoms with Gasteiger partial charge in [-0.05, 0) is 25.3 Å². The molecule has 0 bridgehead atoms. The van der Waals surface area contributed by atoms with E-state index in [2.05, 4.69) is 29.4 Å². The maximum atomic E-state index is 10.8. The third-order valence-corrected chi connectivity index (χ3v) is 4.58. The zero-order valence-corrected chi connectivity index (χ0v) is 11.7. The molecule has 1 heterocycles. The summed E-state index contributed by atoms with van der Waals surface area (Å²) in [7, 11) is 0. The quantitative estimate of drug-likeness (QED) is 0.869. The number of hydrogen-bond donors (Lipinski definition) is 2. The molecular weight excluding hydrogens is 252 g/mol. The molecule has 2 atom stereocenters. The number of carboxylic acids is 1. The molecule has 1 aliphatic heterocycles. The van der Waals surface area contributed by atoms with Crippen LogP contribution in [0.1, 0.15) is 49.7 Å². The van der Waals surface area contributed by atoms with Gasteiger partial charge in [0, 0.05) is 17.0 Å². The zero-order chi connectivity index (χ0) is 14.2. The monoisotopic (exact) mass is 272 g/mol. The number of fused-ring (bicyclic) bond motifs is 3. The Morgan fingerprint density at radius 2 is 2.25 bits per heavy atom. The van der Waals surface area contributed by atoms with Gasteiger partial charge >= 0.3 is 5.97 Å². The van der Waals surface area contributed by atoms with Gasteiger partial charge in [0.25, 0.3) is 0 Å². The number of nitrogens with one attached hydrogen (secondary N) is 1. The molecule has 2 aliphatic rings. The molecule has 0 spiro atoms. The van der Waals surface area contributed by atoms with Gasteiger partial charge in [0.05, 0.1) is 0 Å². The summed E-state index contributed by atoms with van der Waals surface area (Å²) in [6.07, 6.45) is 4.77. The van der Waals surface area contributed by atoms with Crippen molar-refractivity contribution in [1.29, 1.82) is 0 Å². The molecule has 1 aromatic carbocycles. The van der Waals surface area contributed by atoms with Crippen LogP contribution in [0.25, 0.3) is 0 Å². The number of hydrogen-bond acceptors (Lipinski definition) is 2. The third kappa shape index (κ3) is 2.19. The molecule has 1 saturated carbocycles. The van der Waals surface area contributed by atoms with Crippen molar-refractivity contribution in [2.75, 3.05) is 6.54 Å². The lowest BCUT2D eigenvalue weighted by Crippen LogP contribution is -2.55. The predicted molar refractivity (Wildman–Crippen MR) is 78.2 cm³/mol. The lowest BCUT2D eigenvalue weighted by molar-refractivity contribution is -0.135. The minimum absolute atomic E-state index is 0.00391. The molecule has 20 heavy (non-hydrogen) atoms. The molecule has 1 aliphatic carbocycles. The van der Waals surface area contributed by atoms with Crippen molar-refractivity contribution in [3.05, 3.63) is 35.4 Å². The minimum Gasteiger partial charge on any atom is -0.480 e. The number of amidine groups is 1. The summed E-state index contributed by atoms with van der Waals surface area (Å²) in [5.41, 5.74) is 2.39. The van der Waals surface area contributed by atoms with E-state index in [1.807, 2.05) is 12.1 Å². The first kappa shape index (κ1) is 13.2. The van der Waals surface area contributed by atoms with E-state index >= 15 is 0 Å². The Labute approximate surface area is 118 Å². The largest absolute Gasteiger partial charge is 0.480 e. The Bertz CT molecular complexity index is 567. The fraction of sp³-hybridized carbons (Fsp3) is 0.500. The number of carboxylic acid groups (broad SMARTS) is 1. The molecule has 4 nitrogen and oxygen atoms in total. The van der Waals surface area contributed by atoms with Crippen molar-refractivity contribution in [3.8, 4) is 0 Å². The molecule has 3 rings (SSSR count). The first-order valence-electron chi connectivity index (χ1n) is 7.24. The standard InChI is InChI=1S/C16H20N2O2/c1-16-9-5-4-8-13(16)11-6-2-3-7-12(11)15(18-16)17-10-14(19)20/h2-3,6-7,13H,4-5,8-10H2,1H3,(H,17,18)(H,19,20)/t13-,16-/m1/s1. The first-order valence-corrected chi connectivity index (χ1v) is 7.24. The second-order valence-corrected chi connectivity index (χ2v) is 5.99. The molecule has 106 valence electrons. The molecule has 0 saturated heterocycles. The summed E-state index contributed by atoms with van der Waals surface area (Å²) >= 11 is 0. The van der Waals surface area contributed by atoms with E-state index in [1.54, 1.807) is 0 Å². The van der Waals surface area contributed by atoms with Crippen LogP contribution >= 0.6 is 0 Å². The Kier molecular flexibility index (Phi) is 3.24. The Morgan fingerprint density at radius 3 is 3.05 bits per heavy atom. The fourth-order valence-electron chi connectivity index (χ4n) is 3.61. The normalized spacial score (nSPS) is 30.2. The summed E-state index contributed by atoms with van der Waals surface area (Å²) in [5.74, 6) is 0.340. The van der Waals surface area contributed by atoms with Crippen LogP contribution < -0.4 is 5.32 Å². The van der Waals surface area contributed by atoms with Crippen LogP contribution in [0.2, 0.25) is 0 Å². The summed E-state index contributed by atoms with van der Waals surface area (Å²) in [6, 6.07) is 8.26. The molecule has 2 N–H and O–H groups in total. The highest BCUT2D eigenvalue weighted by atomic mass is 16.4. The Morgan fingerprint density at radius 1 is 1.45 bits per heavy atom. The smallest absolute Gasteiger partial charge is 0.325 e. The van der Waals surface area contributed by atoms with Crippen LogP contribution in [0.15, 0.2) is 29.3 Å². The number of benzene rings is 1. The average molecular weight is 272 g/mol. The zero-order valence-electron chi connectivity index (χ0n) is 11.7. The van der Waals surface area contributed by atoms with Gasteiger partial charge in [-0.2, -0.15) is 0 Å². The number of carbonyl (C=O) groups is 1. The van der Waals surface area contributed by atoms with E-state index in [0.717, 1.165) is 17.8 Å². The number of aliphatic carboxylic acids is 1. The lowest BCUT2D eigenvalue weighted by Gasteiger charge is -2.47. The summed E-state index contributed by atoms with van der Waals surface area (Å²) < 4.78 is 0. The van der Waals surface area contributed by atoms with Crippen molar-refractivity contribution in [3.63, 3.8) is 0 Å². The fourth-order valence-corrected chi connectivity index (χ4v) is 3.61. The summed E-state index contributed by atoms with van der Waals surface area (Å²) in [4.78, 5) is 15.0. The molecule has 1 aromatic rings. The van der Waals surface area contributed by atoms with Crippen LogP contribution in [-0.2, 0) is 4.79 Å². The van der Waals surface area contributed by atoms with Crippen molar-refractivity contribution in [2.45, 2.75) is 44.1 Å². The van der Waals surface area contributed by atoms with Crippen molar-refractivity contribution in [2.24, 2.45) is 4.99 Å². The van der Waals surface area contributed by atoms with Gasteiger partial charge in [-0.1, -0.05) is 37.1 Å². The molecular formula is C16H20N2O2. The van der Waals surface area contributed by atoms with Gasteiger partial charge in [-0.15, -0.1) is 0 Å². The average Bonchev–Trinajstić information content (AvgIpc) is 2.44. The maximum absolute atomic E-state index is 10.8. The van der Waals surface area contributed by atoms with Gasteiger partial charge < -0.3 is 10.4 Å². The van der Waals surface area contributed by atoms with Gasteiger partial charge in [-0.25, -0.2) is 0 Å². The molecule has 0 aromatic heterocycles. The Hall–Kier alpha value is -1.84. The van der Waals surface area contributed by atoms with Gasteiger partial charge in [0.15, 0.2) is 0 Å². The van der Waals surface area contributed by atoms with Crippen LogP contribution in [0.3, 0.4) is 0 Å². The van der Waals surface area contributed by atoms with Gasteiger partial charge in [0.1, 0.15) is 12.4 Å². The van der Waals surface area contributed by atoms with E-state index in [4.69, 9.17) is 5.11 Å². The molecule has 0 unspecified atom stereocenters. The molecule has 4 heteroatoms.